The van der Waals surface area contributed by atoms with E-state index in [1.165, 1.54) is 30.0 Å². The van der Waals surface area contributed by atoms with Crippen LogP contribution in [0.1, 0.15) is 29.8 Å². The molecule has 1 fully saturated rings. The monoisotopic (exact) mass is 320 g/mol. The molecular formula is C16H17ClN2O3. The van der Waals surface area contributed by atoms with Crippen molar-refractivity contribution in [1.82, 2.24) is 9.78 Å². The standard InChI is InChI=1S/C16H17ClN2O3/c1-19-14(8-13(18-19)16(20)21)12-7-11(17)5-6-15(12)22-9-10-3-2-4-10/h5-8,10H,2-4,9H2,1H3,(H,20,21). The van der Waals surface area contributed by atoms with Gasteiger partial charge in [0.1, 0.15) is 5.75 Å². The third-order valence-electron chi connectivity index (χ3n) is 4.02. The van der Waals surface area contributed by atoms with Gasteiger partial charge in [0.05, 0.1) is 12.3 Å². The summed E-state index contributed by atoms with van der Waals surface area (Å²) in [6.45, 7) is 0.679. The average molecular weight is 321 g/mol. The zero-order valence-electron chi connectivity index (χ0n) is 12.3. The van der Waals surface area contributed by atoms with E-state index in [1.54, 1.807) is 19.2 Å². The predicted octanol–water partition coefficient (Wildman–Crippen LogP) is 3.62. The fourth-order valence-corrected chi connectivity index (χ4v) is 2.69. The number of hydrogen-bond acceptors (Lipinski definition) is 3. The SMILES string of the molecule is Cn1nc(C(=O)O)cc1-c1cc(Cl)ccc1OCC1CCC1. The smallest absolute Gasteiger partial charge is 0.356 e. The van der Waals surface area contributed by atoms with Crippen LogP contribution < -0.4 is 4.74 Å². The molecule has 1 aliphatic carbocycles. The highest BCUT2D eigenvalue weighted by atomic mass is 35.5. The summed E-state index contributed by atoms with van der Waals surface area (Å²) in [5, 5.41) is 13.6. The fourth-order valence-electron chi connectivity index (χ4n) is 2.52. The molecule has 3 rings (SSSR count). The van der Waals surface area contributed by atoms with Crippen LogP contribution in [-0.4, -0.2) is 27.5 Å². The highest BCUT2D eigenvalue weighted by Gasteiger charge is 2.20. The molecule has 1 saturated carbocycles. The Hall–Kier alpha value is -2.01. The van der Waals surface area contributed by atoms with E-state index in [9.17, 15) is 4.79 Å². The van der Waals surface area contributed by atoms with Crippen LogP contribution >= 0.6 is 11.6 Å². The molecule has 0 atom stereocenters. The van der Waals surface area contributed by atoms with Gasteiger partial charge < -0.3 is 9.84 Å². The summed E-state index contributed by atoms with van der Waals surface area (Å²) in [6, 6.07) is 6.91. The lowest BCUT2D eigenvalue weighted by atomic mass is 9.86. The second-order valence-electron chi connectivity index (χ2n) is 5.59. The van der Waals surface area contributed by atoms with Crippen molar-refractivity contribution in [3.63, 3.8) is 0 Å². The molecule has 0 amide bonds. The zero-order valence-corrected chi connectivity index (χ0v) is 13.0. The minimum Gasteiger partial charge on any atom is -0.493 e. The first-order valence-corrected chi connectivity index (χ1v) is 7.62. The minimum absolute atomic E-state index is 0.00224. The summed E-state index contributed by atoms with van der Waals surface area (Å²) in [6.07, 6.45) is 3.68. The van der Waals surface area contributed by atoms with E-state index in [0.717, 1.165) is 5.56 Å². The summed E-state index contributed by atoms with van der Waals surface area (Å²) in [5.41, 5.74) is 1.43. The number of carboxylic acid groups (broad SMARTS) is 1. The molecule has 1 aromatic carbocycles. The Morgan fingerprint density at radius 1 is 1.45 bits per heavy atom. The quantitative estimate of drug-likeness (QED) is 0.914. The number of aromatic carboxylic acids is 1. The molecule has 22 heavy (non-hydrogen) atoms. The lowest BCUT2D eigenvalue weighted by molar-refractivity contribution is 0.0689. The Labute approximate surface area is 133 Å². The van der Waals surface area contributed by atoms with Crippen molar-refractivity contribution in [3.8, 4) is 17.0 Å². The van der Waals surface area contributed by atoms with Crippen LogP contribution in [0.15, 0.2) is 24.3 Å². The van der Waals surface area contributed by atoms with E-state index in [0.29, 0.717) is 29.0 Å². The van der Waals surface area contributed by atoms with Gasteiger partial charge in [-0.2, -0.15) is 5.10 Å². The van der Waals surface area contributed by atoms with Crippen LogP contribution in [0, 0.1) is 5.92 Å². The fraction of sp³-hybridized carbons (Fsp3) is 0.375. The van der Waals surface area contributed by atoms with Gasteiger partial charge >= 0.3 is 5.97 Å². The van der Waals surface area contributed by atoms with Gasteiger partial charge in [-0.3, -0.25) is 4.68 Å². The van der Waals surface area contributed by atoms with Gasteiger partial charge in [-0.15, -0.1) is 0 Å². The molecule has 0 radical (unpaired) electrons. The molecule has 1 aliphatic rings. The van der Waals surface area contributed by atoms with E-state index in [2.05, 4.69) is 5.10 Å². The Balaban J connectivity index is 1.93. The summed E-state index contributed by atoms with van der Waals surface area (Å²) < 4.78 is 7.46. The van der Waals surface area contributed by atoms with Crippen LogP contribution in [0.2, 0.25) is 5.02 Å². The Kier molecular flexibility index (Phi) is 4.07. The van der Waals surface area contributed by atoms with E-state index in [-0.39, 0.29) is 5.69 Å². The summed E-state index contributed by atoms with van der Waals surface area (Å²) in [5.74, 6) is 0.265. The van der Waals surface area contributed by atoms with E-state index >= 15 is 0 Å². The average Bonchev–Trinajstić information content (AvgIpc) is 2.81. The molecule has 6 heteroatoms. The van der Waals surface area contributed by atoms with Crippen molar-refractivity contribution in [1.29, 1.82) is 0 Å². The largest absolute Gasteiger partial charge is 0.493 e. The molecule has 0 aliphatic heterocycles. The normalized spacial score (nSPS) is 14.6. The van der Waals surface area contributed by atoms with Crippen LogP contribution in [0.25, 0.3) is 11.3 Å². The number of benzene rings is 1. The van der Waals surface area contributed by atoms with Crippen molar-refractivity contribution in [2.24, 2.45) is 13.0 Å². The zero-order chi connectivity index (χ0) is 15.7. The van der Waals surface area contributed by atoms with Gasteiger partial charge in [-0.1, -0.05) is 18.0 Å². The third kappa shape index (κ3) is 2.95. The molecule has 1 N–H and O–H groups in total. The molecule has 0 bridgehead atoms. The number of halogens is 1. The Morgan fingerprint density at radius 2 is 2.23 bits per heavy atom. The first-order chi connectivity index (χ1) is 10.5. The van der Waals surface area contributed by atoms with Crippen molar-refractivity contribution < 1.29 is 14.6 Å². The minimum atomic E-state index is -1.05. The van der Waals surface area contributed by atoms with Crippen molar-refractivity contribution in [2.75, 3.05) is 6.61 Å². The molecule has 116 valence electrons. The van der Waals surface area contributed by atoms with Crippen LogP contribution in [0.3, 0.4) is 0 Å². The predicted molar refractivity (Wildman–Crippen MR) is 83.4 cm³/mol. The van der Waals surface area contributed by atoms with E-state index in [4.69, 9.17) is 21.4 Å². The summed E-state index contributed by atoms with van der Waals surface area (Å²) in [7, 11) is 1.71. The number of aromatic nitrogens is 2. The van der Waals surface area contributed by atoms with Gasteiger partial charge in [-0.05, 0) is 43.0 Å². The first-order valence-electron chi connectivity index (χ1n) is 7.24. The van der Waals surface area contributed by atoms with Gasteiger partial charge in [0.2, 0.25) is 0 Å². The van der Waals surface area contributed by atoms with Crippen molar-refractivity contribution >= 4 is 17.6 Å². The Morgan fingerprint density at radius 3 is 2.82 bits per heavy atom. The number of carbonyl (C=O) groups is 1. The third-order valence-corrected chi connectivity index (χ3v) is 4.25. The highest BCUT2D eigenvalue weighted by molar-refractivity contribution is 6.31. The number of rotatable bonds is 5. The number of nitrogens with zero attached hydrogens (tertiary/aromatic N) is 2. The molecular weight excluding hydrogens is 304 g/mol. The van der Waals surface area contributed by atoms with Gasteiger partial charge in [0.25, 0.3) is 0 Å². The van der Waals surface area contributed by atoms with Crippen molar-refractivity contribution in [3.05, 3.63) is 35.0 Å². The molecule has 0 spiro atoms. The number of hydrogen-bond donors (Lipinski definition) is 1. The number of aryl methyl sites for hydroxylation is 1. The summed E-state index contributed by atoms with van der Waals surface area (Å²) in [4.78, 5) is 11.1. The maximum Gasteiger partial charge on any atom is 0.356 e. The molecule has 1 heterocycles. The maximum absolute atomic E-state index is 11.1. The van der Waals surface area contributed by atoms with Crippen molar-refractivity contribution in [2.45, 2.75) is 19.3 Å². The van der Waals surface area contributed by atoms with Gasteiger partial charge in [0, 0.05) is 17.6 Å². The highest BCUT2D eigenvalue weighted by Crippen LogP contribution is 2.34. The second kappa shape index (κ2) is 6.01. The molecule has 1 aromatic heterocycles. The van der Waals surface area contributed by atoms with Gasteiger partial charge in [0.15, 0.2) is 5.69 Å². The molecule has 2 aromatic rings. The van der Waals surface area contributed by atoms with E-state index < -0.39 is 5.97 Å². The lowest BCUT2D eigenvalue weighted by Crippen LogP contribution is -2.19. The van der Waals surface area contributed by atoms with Gasteiger partial charge in [-0.25, -0.2) is 4.79 Å². The van der Waals surface area contributed by atoms with E-state index in [1.807, 2.05) is 6.07 Å². The second-order valence-corrected chi connectivity index (χ2v) is 6.03. The van der Waals surface area contributed by atoms with Crippen LogP contribution in [0.5, 0.6) is 5.75 Å². The topological polar surface area (TPSA) is 64.4 Å². The maximum atomic E-state index is 11.1. The molecule has 5 nitrogen and oxygen atoms in total. The number of carboxylic acids is 1. The molecule has 0 saturated heterocycles. The summed E-state index contributed by atoms with van der Waals surface area (Å²) >= 11 is 6.09. The first kappa shape index (κ1) is 14.9. The van der Waals surface area contributed by atoms with Crippen LogP contribution in [0.4, 0.5) is 0 Å². The lowest BCUT2D eigenvalue weighted by Gasteiger charge is -2.25. The van der Waals surface area contributed by atoms with Crippen LogP contribution in [-0.2, 0) is 7.05 Å². The Bertz CT molecular complexity index is 707. The number of ether oxygens (including phenoxy) is 1. The molecule has 0 unspecified atom stereocenters.